The third-order valence-electron chi connectivity index (χ3n) is 4.15. The van der Waals surface area contributed by atoms with Crippen LogP contribution in [0.1, 0.15) is 38.8 Å². The summed E-state index contributed by atoms with van der Waals surface area (Å²) in [6.07, 6.45) is 6.94. The Kier molecular flexibility index (Phi) is 3.80. The fourth-order valence-corrected chi connectivity index (χ4v) is 2.82. The first-order chi connectivity index (χ1) is 8.62. The summed E-state index contributed by atoms with van der Waals surface area (Å²) in [6.45, 7) is 6.56. The van der Waals surface area contributed by atoms with E-state index in [1.165, 1.54) is 19.3 Å². The number of aromatic nitrogens is 2. The Morgan fingerprint density at radius 2 is 2.06 bits per heavy atom. The Morgan fingerprint density at radius 1 is 1.39 bits per heavy atom. The number of hydrogen-bond acceptors (Lipinski definition) is 4. The number of nitrogens with zero attached hydrogens (tertiary/aromatic N) is 3. The minimum atomic E-state index is 0.323. The van der Waals surface area contributed by atoms with Crippen molar-refractivity contribution in [2.24, 2.45) is 11.1 Å². The first-order valence-corrected chi connectivity index (χ1v) is 6.88. The van der Waals surface area contributed by atoms with E-state index in [0.717, 1.165) is 18.9 Å². The number of anilines is 1. The molecule has 2 N–H and O–H groups in total. The summed E-state index contributed by atoms with van der Waals surface area (Å²) in [5, 5.41) is 0. The smallest absolute Gasteiger partial charge is 0.157 e. The maximum atomic E-state index is 5.72. The Morgan fingerprint density at radius 3 is 2.61 bits per heavy atom. The van der Waals surface area contributed by atoms with Crippen LogP contribution in [0.2, 0.25) is 0 Å². The summed E-state index contributed by atoms with van der Waals surface area (Å²) in [5.41, 5.74) is 6.77. The highest BCUT2D eigenvalue weighted by molar-refractivity contribution is 7.80. The van der Waals surface area contributed by atoms with Crippen LogP contribution in [-0.2, 0) is 0 Å². The average molecular weight is 264 g/mol. The van der Waals surface area contributed by atoms with E-state index in [0.29, 0.717) is 16.1 Å². The summed E-state index contributed by atoms with van der Waals surface area (Å²) in [5.74, 6) is 0.841. The molecule has 0 unspecified atom stereocenters. The van der Waals surface area contributed by atoms with Gasteiger partial charge in [-0.05, 0) is 24.7 Å². The van der Waals surface area contributed by atoms with Crippen LogP contribution in [0.5, 0.6) is 0 Å². The summed E-state index contributed by atoms with van der Waals surface area (Å²) >= 11 is 5.05. The van der Waals surface area contributed by atoms with Crippen LogP contribution in [-0.4, -0.2) is 28.0 Å². The quantitative estimate of drug-likeness (QED) is 0.844. The third kappa shape index (κ3) is 2.32. The predicted octanol–water partition coefficient (Wildman–Crippen LogP) is 2.13. The molecule has 0 aromatic carbocycles. The highest BCUT2D eigenvalue weighted by atomic mass is 32.1. The van der Waals surface area contributed by atoms with E-state index in [4.69, 9.17) is 18.0 Å². The molecule has 0 bridgehead atoms. The van der Waals surface area contributed by atoms with Gasteiger partial charge in [0.25, 0.3) is 0 Å². The van der Waals surface area contributed by atoms with E-state index in [9.17, 15) is 0 Å². The molecule has 1 aromatic rings. The summed E-state index contributed by atoms with van der Waals surface area (Å²) in [6, 6.07) is 0. The average Bonchev–Trinajstić information content (AvgIpc) is 2.83. The van der Waals surface area contributed by atoms with Crippen molar-refractivity contribution in [1.82, 2.24) is 9.97 Å². The molecular weight excluding hydrogens is 244 g/mol. The van der Waals surface area contributed by atoms with E-state index in [1.54, 1.807) is 12.4 Å². The molecule has 98 valence electrons. The van der Waals surface area contributed by atoms with E-state index in [2.05, 4.69) is 28.7 Å². The van der Waals surface area contributed by atoms with E-state index >= 15 is 0 Å². The predicted molar refractivity (Wildman–Crippen MR) is 77.8 cm³/mol. The van der Waals surface area contributed by atoms with Crippen molar-refractivity contribution in [3.8, 4) is 0 Å². The van der Waals surface area contributed by atoms with Gasteiger partial charge in [0.1, 0.15) is 10.7 Å². The van der Waals surface area contributed by atoms with Gasteiger partial charge in [0.2, 0.25) is 0 Å². The summed E-state index contributed by atoms with van der Waals surface area (Å²) in [4.78, 5) is 11.3. The lowest BCUT2D eigenvalue weighted by molar-refractivity contribution is 0.301. The van der Waals surface area contributed by atoms with Crippen LogP contribution in [0.25, 0.3) is 0 Å². The molecule has 18 heavy (non-hydrogen) atoms. The minimum Gasteiger partial charge on any atom is -0.388 e. The first-order valence-electron chi connectivity index (χ1n) is 6.47. The van der Waals surface area contributed by atoms with Gasteiger partial charge in [-0.1, -0.05) is 26.1 Å². The number of thiocarbonyl (C=S) groups is 1. The standard InChI is InChI=1S/C13H20N4S/c1-3-13(4-2)5-8-17(9-13)12-10(11(14)18)15-6-7-16-12/h6-7H,3-5,8-9H2,1-2H3,(H2,14,18). The molecule has 1 fully saturated rings. The largest absolute Gasteiger partial charge is 0.388 e. The third-order valence-corrected chi connectivity index (χ3v) is 4.34. The maximum absolute atomic E-state index is 5.72. The van der Waals surface area contributed by atoms with Crippen LogP contribution in [0, 0.1) is 5.41 Å². The normalized spacial score (nSPS) is 18.0. The second kappa shape index (κ2) is 5.18. The SMILES string of the molecule is CCC1(CC)CCN(c2nccnc2C(N)=S)C1. The first kappa shape index (κ1) is 13.2. The van der Waals surface area contributed by atoms with Gasteiger partial charge in [-0.2, -0.15) is 0 Å². The molecule has 0 saturated carbocycles. The van der Waals surface area contributed by atoms with Gasteiger partial charge in [-0.25, -0.2) is 9.97 Å². The van der Waals surface area contributed by atoms with Gasteiger partial charge in [0.05, 0.1) is 0 Å². The van der Waals surface area contributed by atoms with Crippen molar-refractivity contribution in [1.29, 1.82) is 0 Å². The van der Waals surface area contributed by atoms with Crippen molar-refractivity contribution in [3.05, 3.63) is 18.1 Å². The molecular formula is C13H20N4S. The Balaban J connectivity index is 2.27. The monoisotopic (exact) mass is 264 g/mol. The lowest BCUT2D eigenvalue weighted by atomic mass is 9.82. The molecule has 2 heterocycles. The lowest BCUT2D eigenvalue weighted by Gasteiger charge is -2.27. The molecule has 1 aliphatic rings. The number of rotatable bonds is 4. The zero-order chi connectivity index (χ0) is 13.2. The van der Waals surface area contributed by atoms with Crippen LogP contribution in [0.4, 0.5) is 5.82 Å². The Hall–Kier alpha value is -1.23. The molecule has 5 heteroatoms. The van der Waals surface area contributed by atoms with Gasteiger partial charge in [0, 0.05) is 25.5 Å². The van der Waals surface area contributed by atoms with Crippen LogP contribution in [0.3, 0.4) is 0 Å². The highest BCUT2D eigenvalue weighted by Gasteiger charge is 2.36. The number of nitrogens with two attached hydrogens (primary N) is 1. The summed E-state index contributed by atoms with van der Waals surface area (Å²) in [7, 11) is 0. The number of hydrogen-bond donors (Lipinski definition) is 1. The van der Waals surface area contributed by atoms with Crippen molar-refractivity contribution in [2.45, 2.75) is 33.1 Å². The van der Waals surface area contributed by atoms with Gasteiger partial charge < -0.3 is 10.6 Å². The van der Waals surface area contributed by atoms with Crippen molar-refractivity contribution in [2.75, 3.05) is 18.0 Å². The van der Waals surface area contributed by atoms with Crippen LogP contribution in [0.15, 0.2) is 12.4 Å². The second-order valence-electron chi connectivity index (χ2n) is 4.97. The topological polar surface area (TPSA) is 55.0 Å². The van der Waals surface area contributed by atoms with Crippen molar-refractivity contribution < 1.29 is 0 Å². The zero-order valence-electron chi connectivity index (χ0n) is 11.0. The highest BCUT2D eigenvalue weighted by Crippen LogP contribution is 2.38. The lowest BCUT2D eigenvalue weighted by Crippen LogP contribution is -2.29. The van der Waals surface area contributed by atoms with Gasteiger partial charge >= 0.3 is 0 Å². The van der Waals surface area contributed by atoms with Gasteiger partial charge in [-0.3, -0.25) is 0 Å². The molecule has 0 spiro atoms. The maximum Gasteiger partial charge on any atom is 0.157 e. The molecule has 1 saturated heterocycles. The molecule has 0 radical (unpaired) electrons. The fraction of sp³-hybridized carbons (Fsp3) is 0.615. The Labute approximate surface area is 114 Å². The van der Waals surface area contributed by atoms with Crippen LogP contribution >= 0.6 is 12.2 Å². The fourth-order valence-electron chi connectivity index (χ4n) is 2.68. The van der Waals surface area contributed by atoms with Gasteiger partial charge in [0.15, 0.2) is 5.82 Å². The molecule has 4 nitrogen and oxygen atoms in total. The molecule has 0 aliphatic carbocycles. The zero-order valence-corrected chi connectivity index (χ0v) is 11.8. The van der Waals surface area contributed by atoms with Gasteiger partial charge in [-0.15, -0.1) is 0 Å². The second-order valence-corrected chi connectivity index (χ2v) is 5.41. The van der Waals surface area contributed by atoms with E-state index in [-0.39, 0.29) is 0 Å². The Bertz CT molecular complexity index is 442. The molecule has 1 aromatic heterocycles. The van der Waals surface area contributed by atoms with E-state index in [1.807, 2.05) is 0 Å². The molecule has 2 rings (SSSR count). The van der Waals surface area contributed by atoms with Crippen molar-refractivity contribution in [3.63, 3.8) is 0 Å². The summed E-state index contributed by atoms with van der Waals surface area (Å²) < 4.78 is 0. The minimum absolute atomic E-state index is 0.323. The van der Waals surface area contributed by atoms with Crippen molar-refractivity contribution >= 4 is 23.0 Å². The van der Waals surface area contributed by atoms with Crippen LogP contribution < -0.4 is 10.6 Å². The molecule has 0 atom stereocenters. The molecule has 1 aliphatic heterocycles. The molecule has 0 amide bonds. The van der Waals surface area contributed by atoms with E-state index < -0.39 is 0 Å².